The van der Waals surface area contributed by atoms with Crippen molar-refractivity contribution in [2.45, 2.75) is 18.6 Å². The number of hydrogen-bond acceptors (Lipinski definition) is 6. The fraction of sp³-hybridized carbons (Fsp3) is 0.250. The molecule has 28 heavy (non-hydrogen) atoms. The van der Waals surface area contributed by atoms with Crippen molar-refractivity contribution in [2.24, 2.45) is 5.16 Å². The first-order chi connectivity index (χ1) is 13.5. The summed E-state index contributed by atoms with van der Waals surface area (Å²) in [5, 5.41) is 6.38. The highest BCUT2D eigenvalue weighted by Gasteiger charge is 2.31. The molecule has 1 heterocycles. The molecule has 1 aliphatic heterocycles. The largest absolute Gasteiger partial charge is 0.490 e. The zero-order valence-corrected chi connectivity index (χ0v) is 16.8. The Morgan fingerprint density at radius 3 is 2.46 bits per heavy atom. The van der Waals surface area contributed by atoms with E-state index in [1.54, 1.807) is 12.1 Å². The number of hydrogen-bond donors (Lipinski definition) is 1. The first kappa shape index (κ1) is 20.2. The molecule has 1 aliphatic rings. The Hall–Kier alpha value is -2.51. The Morgan fingerprint density at radius 2 is 1.82 bits per heavy atom. The van der Waals surface area contributed by atoms with E-state index in [4.69, 9.17) is 21.2 Å². The summed E-state index contributed by atoms with van der Waals surface area (Å²) in [4.78, 5) is 28.1. The summed E-state index contributed by atoms with van der Waals surface area (Å²) in [6.45, 7) is 2.53. The van der Waals surface area contributed by atoms with Gasteiger partial charge in [-0.15, -0.1) is 0 Å². The van der Waals surface area contributed by atoms with Gasteiger partial charge in [-0.25, -0.2) is 0 Å². The van der Waals surface area contributed by atoms with E-state index in [0.29, 0.717) is 30.4 Å². The Labute approximate surface area is 172 Å². The summed E-state index contributed by atoms with van der Waals surface area (Å²) in [7, 11) is 0. The van der Waals surface area contributed by atoms with Crippen LogP contribution in [-0.2, 0) is 16.1 Å². The normalized spacial score (nSPS) is 16.8. The van der Waals surface area contributed by atoms with Gasteiger partial charge in [0.05, 0.1) is 11.0 Å². The minimum atomic E-state index is -0.366. The van der Waals surface area contributed by atoms with Crippen LogP contribution in [0.5, 0.6) is 5.75 Å². The van der Waals surface area contributed by atoms with E-state index in [2.05, 4.69) is 10.5 Å². The van der Waals surface area contributed by atoms with Crippen LogP contribution in [0.1, 0.15) is 18.1 Å². The Kier molecular flexibility index (Phi) is 6.95. The number of benzene rings is 2. The van der Waals surface area contributed by atoms with Crippen LogP contribution in [0.2, 0.25) is 5.02 Å². The lowest BCUT2D eigenvalue weighted by molar-refractivity contribution is -0.118. The predicted octanol–water partition coefficient (Wildman–Crippen LogP) is 4.05. The molecule has 0 saturated carbocycles. The van der Waals surface area contributed by atoms with E-state index in [1.165, 1.54) is 0 Å². The molecule has 1 fully saturated rings. The van der Waals surface area contributed by atoms with Crippen LogP contribution < -0.4 is 10.1 Å². The van der Waals surface area contributed by atoms with Gasteiger partial charge in [0.2, 0.25) is 5.91 Å². The molecule has 1 unspecified atom stereocenters. The number of thioether (sulfide) groups is 1. The molecule has 2 aromatic rings. The molecule has 2 amide bonds. The maximum atomic E-state index is 11.6. The van der Waals surface area contributed by atoms with Crippen LogP contribution in [0.25, 0.3) is 0 Å². The van der Waals surface area contributed by atoms with Gasteiger partial charge in [0.15, 0.2) is 6.61 Å². The summed E-state index contributed by atoms with van der Waals surface area (Å²) in [6.07, 6.45) is 0.504. The molecule has 0 spiro atoms. The van der Waals surface area contributed by atoms with Crippen LogP contribution in [0.4, 0.5) is 4.79 Å². The van der Waals surface area contributed by atoms with E-state index in [0.717, 1.165) is 28.6 Å². The molecule has 3 rings (SSSR count). The molecule has 0 aliphatic carbocycles. The molecular weight excluding hydrogens is 400 g/mol. The monoisotopic (exact) mass is 418 g/mol. The number of nitrogens with zero attached hydrogens (tertiary/aromatic N) is 1. The second kappa shape index (κ2) is 9.61. The van der Waals surface area contributed by atoms with Gasteiger partial charge in [0.25, 0.3) is 5.24 Å². The highest BCUT2D eigenvalue weighted by Crippen LogP contribution is 2.23. The maximum absolute atomic E-state index is 11.6. The number of nitrogens with one attached hydrogen (secondary N) is 1. The lowest BCUT2D eigenvalue weighted by atomic mass is 10.1. The zero-order valence-electron chi connectivity index (χ0n) is 15.2. The summed E-state index contributed by atoms with van der Waals surface area (Å²) in [5.74, 6) is 0.465. The van der Waals surface area contributed by atoms with Crippen molar-refractivity contribution in [1.82, 2.24) is 5.32 Å². The Balaban J connectivity index is 1.40. The summed E-state index contributed by atoms with van der Waals surface area (Å²) >= 11 is 6.89. The van der Waals surface area contributed by atoms with Crippen molar-refractivity contribution in [3.05, 3.63) is 64.7 Å². The maximum Gasteiger partial charge on any atom is 0.286 e. The molecule has 6 nitrogen and oxygen atoms in total. The first-order valence-electron chi connectivity index (χ1n) is 8.67. The highest BCUT2D eigenvalue weighted by atomic mass is 35.5. The van der Waals surface area contributed by atoms with Gasteiger partial charge < -0.3 is 9.57 Å². The molecule has 1 atom stereocenters. The molecular formula is C20H19ClN2O4S. The van der Waals surface area contributed by atoms with Crippen molar-refractivity contribution in [1.29, 1.82) is 0 Å². The average Bonchev–Trinajstić information content (AvgIpc) is 3.00. The molecule has 0 bridgehead atoms. The Bertz CT molecular complexity index is 869. The average molecular weight is 419 g/mol. The van der Waals surface area contributed by atoms with Crippen LogP contribution >= 0.6 is 23.4 Å². The van der Waals surface area contributed by atoms with Gasteiger partial charge in [0, 0.05) is 5.02 Å². The van der Waals surface area contributed by atoms with Crippen LogP contribution in [0.3, 0.4) is 0 Å². The van der Waals surface area contributed by atoms with Gasteiger partial charge in [-0.1, -0.05) is 52.8 Å². The smallest absolute Gasteiger partial charge is 0.286 e. The van der Waals surface area contributed by atoms with Crippen molar-refractivity contribution in [3.8, 4) is 5.75 Å². The van der Waals surface area contributed by atoms with Crippen molar-refractivity contribution in [3.63, 3.8) is 0 Å². The molecule has 146 valence electrons. The molecule has 1 saturated heterocycles. The van der Waals surface area contributed by atoms with E-state index < -0.39 is 0 Å². The van der Waals surface area contributed by atoms with Crippen molar-refractivity contribution in [2.75, 3.05) is 13.2 Å². The first-order valence-corrected chi connectivity index (χ1v) is 9.93. The molecule has 2 aromatic carbocycles. The van der Waals surface area contributed by atoms with Crippen molar-refractivity contribution >= 4 is 40.2 Å². The van der Waals surface area contributed by atoms with Crippen molar-refractivity contribution < 1.29 is 19.2 Å². The fourth-order valence-electron chi connectivity index (χ4n) is 2.55. The van der Waals surface area contributed by atoms with E-state index in [1.807, 2.05) is 43.3 Å². The minimum Gasteiger partial charge on any atom is -0.490 e. The number of carbonyl (C=O) groups excluding carboxylic acids is 2. The standard InChI is InChI=1S/C20H19ClN2O4S/c1-13(15-4-6-16(21)7-5-15)23-27-11-10-26-17-8-2-14(3-9-17)12-18-19(24)22-20(25)28-18/h2-9,18H,10-12H2,1H3,(H,22,24,25). The Morgan fingerprint density at radius 1 is 1.11 bits per heavy atom. The topological polar surface area (TPSA) is 77.0 Å². The summed E-state index contributed by atoms with van der Waals surface area (Å²) < 4.78 is 5.62. The van der Waals surface area contributed by atoms with E-state index in [9.17, 15) is 9.59 Å². The number of carbonyl (C=O) groups is 2. The third kappa shape index (κ3) is 5.74. The lowest BCUT2D eigenvalue weighted by Gasteiger charge is -2.08. The fourth-order valence-corrected chi connectivity index (χ4v) is 3.53. The molecule has 0 radical (unpaired) electrons. The van der Waals surface area contributed by atoms with Gasteiger partial charge in [-0.3, -0.25) is 14.9 Å². The van der Waals surface area contributed by atoms with E-state index >= 15 is 0 Å². The summed E-state index contributed by atoms with van der Waals surface area (Å²) in [5.41, 5.74) is 2.67. The van der Waals surface area contributed by atoms with Crippen LogP contribution in [-0.4, -0.2) is 35.3 Å². The zero-order chi connectivity index (χ0) is 19.9. The number of rotatable bonds is 8. The SMILES string of the molecule is CC(=NOCCOc1ccc(CC2SC(=O)NC2=O)cc1)c1ccc(Cl)cc1. The minimum absolute atomic E-state index is 0.234. The number of amides is 2. The van der Waals surface area contributed by atoms with Gasteiger partial charge in [0.1, 0.15) is 12.4 Å². The third-order valence-corrected chi connectivity index (χ3v) is 5.25. The number of halogens is 1. The van der Waals surface area contributed by atoms with Gasteiger partial charge in [-0.2, -0.15) is 0 Å². The summed E-state index contributed by atoms with van der Waals surface area (Å²) in [6, 6.07) is 14.8. The van der Waals surface area contributed by atoms with Gasteiger partial charge >= 0.3 is 0 Å². The second-order valence-electron chi connectivity index (χ2n) is 6.10. The lowest BCUT2D eigenvalue weighted by Crippen LogP contribution is -2.25. The molecule has 1 N–H and O–H groups in total. The predicted molar refractivity (Wildman–Crippen MR) is 110 cm³/mol. The number of oxime groups is 1. The third-order valence-electron chi connectivity index (χ3n) is 4.02. The quantitative estimate of drug-likeness (QED) is 0.397. The molecule has 0 aromatic heterocycles. The second-order valence-corrected chi connectivity index (χ2v) is 7.71. The highest BCUT2D eigenvalue weighted by molar-refractivity contribution is 8.15. The molecule has 8 heteroatoms. The number of ether oxygens (including phenoxy) is 1. The van der Waals surface area contributed by atoms with Crippen LogP contribution in [0.15, 0.2) is 53.7 Å². The van der Waals surface area contributed by atoms with Gasteiger partial charge in [-0.05, 0) is 48.7 Å². The van der Waals surface area contributed by atoms with E-state index in [-0.39, 0.29) is 16.4 Å². The number of imide groups is 1. The van der Waals surface area contributed by atoms with Crippen LogP contribution in [0, 0.1) is 0 Å².